The van der Waals surface area contributed by atoms with Gasteiger partial charge in [-0.25, -0.2) is 4.68 Å². The lowest BCUT2D eigenvalue weighted by atomic mass is 9.96. The molecular formula is C17H24N4O2. The van der Waals surface area contributed by atoms with Crippen molar-refractivity contribution < 1.29 is 4.52 Å². The molecule has 2 aromatic heterocycles. The van der Waals surface area contributed by atoms with Gasteiger partial charge in [-0.3, -0.25) is 9.69 Å². The standard InChI is InChI=1S/C17H24N4O2/c1-12-4-5-17(22)21(18-12)10-15-6-8-20(9-7-15)11-16-13(2)19-23-14(16)3/h4-5,15H,6-11H2,1-3H3. The van der Waals surface area contributed by atoms with Gasteiger partial charge in [-0.05, 0) is 58.7 Å². The molecule has 1 aliphatic heterocycles. The van der Waals surface area contributed by atoms with Crippen LogP contribution >= 0.6 is 0 Å². The van der Waals surface area contributed by atoms with E-state index in [2.05, 4.69) is 15.2 Å². The second kappa shape index (κ2) is 6.66. The molecule has 0 amide bonds. The van der Waals surface area contributed by atoms with Gasteiger partial charge in [0.05, 0.1) is 11.4 Å². The molecule has 0 bridgehead atoms. The molecule has 2 aromatic rings. The molecule has 1 saturated heterocycles. The largest absolute Gasteiger partial charge is 0.361 e. The van der Waals surface area contributed by atoms with E-state index in [4.69, 9.17) is 4.52 Å². The second-order valence-corrected chi connectivity index (χ2v) is 6.52. The zero-order valence-electron chi connectivity index (χ0n) is 14.1. The van der Waals surface area contributed by atoms with Gasteiger partial charge in [0.2, 0.25) is 0 Å². The van der Waals surface area contributed by atoms with Crippen LogP contribution in [0.4, 0.5) is 0 Å². The van der Waals surface area contributed by atoms with Crippen molar-refractivity contribution in [1.82, 2.24) is 19.8 Å². The normalized spacial score (nSPS) is 16.8. The summed E-state index contributed by atoms with van der Waals surface area (Å²) in [6.45, 7) is 9.58. The molecule has 1 fully saturated rings. The highest BCUT2D eigenvalue weighted by Crippen LogP contribution is 2.22. The van der Waals surface area contributed by atoms with E-state index in [9.17, 15) is 4.79 Å². The van der Waals surface area contributed by atoms with E-state index in [1.807, 2.05) is 20.8 Å². The van der Waals surface area contributed by atoms with Crippen molar-refractivity contribution >= 4 is 0 Å². The van der Waals surface area contributed by atoms with Crippen LogP contribution < -0.4 is 5.56 Å². The first-order valence-electron chi connectivity index (χ1n) is 8.22. The van der Waals surface area contributed by atoms with Crippen molar-refractivity contribution in [3.05, 3.63) is 45.2 Å². The molecule has 3 heterocycles. The lowest BCUT2D eigenvalue weighted by Crippen LogP contribution is -2.36. The van der Waals surface area contributed by atoms with Crippen molar-refractivity contribution in [2.45, 2.75) is 46.7 Å². The zero-order valence-corrected chi connectivity index (χ0v) is 14.1. The van der Waals surface area contributed by atoms with E-state index in [1.165, 1.54) is 5.56 Å². The lowest BCUT2D eigenvalue weighted by molar-refractivity contribution is 0.162. The molecule has 23 heavy (non-hydrogen) atoms. The highest BCUT2D eigenvalue weighted by atomic mass is 16.5. The molecular weight excluding hydrogens is 292 g/mol. The smallest absolute Gasteiger partial charge is 0.266 e. The van der Waals surface area contributed by atoms with E-state index in [0.29, 0.717) is 5.92 Å². The van der Waals surface area contributed by atoms with Gasteiger partial charge in [-0.1, -0.05) is 5.16 Å². The third kappa shape index (κ3) is 3.69. The Bertz CT molecular complexity index is 707. The Balaban J connectivity index is 1.56. The Morgan fingerprint density at radius 1 is 1.22 bits per heavy atom. The first-order chi connectivity index (χ1) is 11.0. The van der Waals surface area contributed by atoms with Crippen molar-refractivity contribution in [2.24, 2.45) is 5.92 Å². The van der Waals surface area contributed by atoms with Crippen molar-refractivity contribution in [3.8, 4) is 0 Å². The third-order valence-corrected chi connectivity index (χ3v) is 4.70. The van der Waals surface area contributed by atoms with E-state index < -0.39 is 0 Å². The Morgan fingerprint density at radius 3 is 2.61 bits per heavy atom. The monoisotopic (exact) mass is 316 g/mol. The highest BCUT2D eigenvalue weighted by Gasteiger charge is 2.22. The van der Waals surface area contributed by atoms with Gasteiger partial charge in [0.1, 0.15) is 5.76 Å². The zero-order chi connectivity index (χ0) is 16.4. The number of rotatable bonds is 4. The van der Waals surface area contributed by atoms with E-state index in [-0.39, 0.29) is 5.56 Å². The van der Waals surface area contributed by atoms with E-state index in [1.54, 1.807) is 16.8 Å². The molecule has 1 aliphatic rings. The fourth-order valence-corrected chi connectivity index (χ4v) is 3.20. The van der Waals surface area contributed by atoms with Crippen LogP contribution in [0.2, 0.25) is 0 Å². The van der Waals surface area contributed by atoms with Crippen molar-refractivity contribution in [3.63, 3.8) is 0 Å². The van der Waals surface area contributed by atoms with Crippen LogP contribution in [0.5, 0.6) is 0 Å². The van der Waals surface area contributed by atoms with Crippen molar-refractivity contribution in [2.75, 3.05) is 13.1 Å². The summed E-state index contributed by atoms with van der Waals surface area (Å²) in [7, 11) is 0. The van der Waals surface area contributed by atoms with Gasteiger partial charge in [-0.2, -0.15) is 5.10 Å². The van der Waals surface area contributed by atoms with Gasteiger partial charge in [-0.15, -0.1) is 0 Å². The molecule has 0 unspecified atom stereocenters. The lowest BCUT2D eigenvalue weighted by Gasteiger charge is -2.31. The summed E-state index contributed by atoms with van der Waals surface area (Å²) >= 11 is 0. The predicted molar refractivity (Wildman–Crippen MR) is 87.2 cm³/mol. The van der Waals surface area contributed by atoms with E-state index in [0.717, 1.165) is 56.2 Å². The Hall–Kier alpha value is -1.95. The molecule has 124 valence electrons. The molecule has 0 aromatic carbocycles. The number of hydrogen-bond donors (Lipinski definition) is 0. The maximum Gasteiger partial charge on any atom is 0.266 e. The summed E-state index contributed by atoms with van der Waals surface area (Å²) in [5.41, 5.74) is 3.08. The average Bonchev–Trinajstić information content (AvgIpc) is 2.85. The SMILES string of the molecule is Cc1ccc(=O)n(CC2CCN(Cc3c(C)noc3C)CC2)n1. The van der Waals surface area contributed by atoms with Crippen LogP contribution in [0.25, 0.3) is 0 Å². The maximum atomic E-state index is 11.9. The van der Waals surface area contributed by atoms with Gasteiger partial charge in [0.25, 0.3) is 5.56 Å². The van der Waals surface area contributed by atoms with Gasteiger partial charge in [0, 0.05) is 24.7 Å². The fourth-order valence-electron chi connectivity index (χ4n) is 3.20. The first kappa shape index (κ1) is 15.9. The topological polar surface area (TPSA) is 64.2 Å². The molecule has 0 aliphatic carbocycles. The number of nitrogens with zero attached hydrogens (tertiary/aromatic N) is 4. The molecule has 0 atom stereocenters. The molecule has 0 radical (unpaired) electrons. The average molecular weight is 316 g/mol. The van der Waals surface area contributed by atoms with Crippen LogP contribution in [-0.2, 0) is 13.1 Å². The minimum absolute atomic E-state index is 0.00579. The molecule has 3 rings (SSSR count). The molecule has 6 heteroatoms. The number of likely N-dealkylation sites (tertiary alicyclic amines) is 1. The van der Waals surface area contributed by atoms with Crippen LogP contribution in [0.15, 0.2) is 21.5 Å². The Morgan fingerprint density at radius 2 is 1.96 bits per heavy atom. The number of piperidine rings is 1. The van der Waals surface area contributed by atoms with Gasteiger partial charge in [0.15, 0.2) is 0 Å². The summed E-state index contributed by atoms with van der Waals surface area (Å²) in [5, 5.41) is 8.36. The van der Waals surface area contributed by atoms with Gasteiger partial charge < -0.3 is 4.52 Å². The highest BCUT2D eigenvalue weighted by molar-refractivity contribution is 5.20. The first-order valence-corrected chi connectivity index (χ1v) is 8.22. The van der Waals surface area contributed by atoms with Crippen LogP contribution in [0, 0.1) is 26.7 Å². The van der Waals surface area contributed by atoms with Crippen LogP contribution in [0.3, 0.4) is 0 Å². The molecule has 6 nitrogen and oxygen atoms in total. The van der Waals surface area contributed by atoms with Crippen LogP contribution in [-0.4, -0.2) is 32.9 Å². The fraction of sp³-hybridized carbons (Fsp3) is 0.588. The molecule has 0 saturated carbocycles. The number of aromatic nitrogens is 3. The van der Waals surface area contributed by atoms with E-state index >= 15 is 0 Å². The summed E-state index contributed by atoms with van der Waals surface area (Å²) in [6, 6.07) is 3.37. The maximum absolute atomic E-state index is 11.9. The summed E-state index contributed by atoms with van der Waals surface area (Å²) < 4.78 is 6.85. The minimum atomic E-state index is -0.00579. The number of hydrogen-bond acceptors (Lipinski definition) is 5. The van der Waals surface area contributed by atoms with Crippen LogP contribution in [0.1, 0.15) is 35.6 Å². The molecule has 0 spiro atoms. The summed E-state index contributed by atoms with van der Waals surface area (Å²) in [4.78, 5) is 14.3. The quantitative estimate of drug-likeness (QED) is 0.864. The molecule has 0 N–H and O–H groups in total. The Labute approximate surface area is 136 Å². The van der Waals surface area contributed by atoms with Gasteiger partial charge >= 0.3 is 0 Å². The third-order valence-electron chi connectivity index (χ3n) is 4.70. The second-order valence-electron chi connectivity index (χ2n) is 6.52. The predicted octanol–water partition coefficient (Wildman–Crippen LogP) is 2.07. The summed E-state index contributed by atoms with van der Waals surface area (Å²) in [5.74, 6) is 1.43. The summed E-state index contributed by atoms with van der Waals surface area (Å²) in [6.07, 6.45) is 2.18. The van der Waals surface area contributed by atoms with Crippen molar-refractivity contribution in [1.29, 1.82) is 0 Å². The Kier molecular flexibility index (Phi) is 4.61. The number of aryl methyl sites for hydroxylation is 3. The minimum Gasteiger partial charge on any atom is -0.361 e.